The van der Waals surface area contributed by atoms with Gasteiger partial charge in [-0.2, -0.15) is 4.98 Å². The van der Waals surface area contributed by atoms with Crippen LogP contribution in [0.4, 0.5) is 11.6 Å². The van der Waals surface area contributed by atoms with Crippen molar-refractivity contribution >= 4 is 44.2 Å². The highest BCUT2D eigenvalue weighted by Gasteiger charge is 2.30. The standard InChI is InChI=1S/C24H24ClN5O6S/c1-24(9-3-10-35-24)14-26-22-17(25)13-19(23(27-22)34-2)30-18-6-5-16(12-15(18)4-7-21(30)31)37(32,33)29-20-8-11-36-28-20/h4-8,11-13H,3,9-10,14H2,1-2H3,(H,26,27)(H,28,29)/t24-/m1/s1. The van der Waals surface area contributed by atoms with Crippen LogP contribution in [0.25, 0.3) is 16.6 Å². The molecule has 11 nitrogen and oxygen atoms in total. The third kappa shape index (κ3) is 4.99. The van der Waals surface area contributed by atoms with E-state index in [-0.39, 0.29) is 32.8 Å². The second-order valence-electron chi connectivity index (χ2n) is 8.82. The Labute approximate surface area is 217 Å². The average Bonchev–Trinajstić information content (AvgIpc) is 3.54. The van der Waals surface area contributed by atoms with Crippen LogP contribution in [0.15, 0.2) is 62.9 Å². The van der Waals surface area contributed by atoms with Crippen LogP contribution in [0.1, 0.15) is 19.8 Å². The fourth-order valence-electron chi connectivity index (χ4n) is 4.25. The van der Waals surface area contributed by atoms with Crippen LogP contribution in [0, 0.1) is 0 Å². The number of anilines is 2. The molecule has 1 fully saturated rings. The van der Waals surface area contributed by atoms with Crippen molar-refractivity contribution in [2.75, 3.05) is 30.3 Å². The fraction of sp³-hybridized carbons (Fsp3) is 0.292. The molecule has 4 heterocycles. The molecule has 1 saturated heterocycles. The molecule has 0 amide bonds. The molecular weight excluding hydrogens is 522 g/mol. The number of nitrogens with zero attached hydrogens (tertiary/aromatic N) is 3. The number of pyridine rings is 2. The SMILES string of the molecule is COc1nc(NC[C@@]2(C)CCCO2)c(Cl)cc1-n1c(=O)ccc2cc(S(=O)(=O)Nc3ccon3)ccc21. The summed E-state index contributed by atoms with van der Waals surface area (Å²) >= 11 is 6.56. The van der Waals surface area contributed by atoms with Gasteiger partial charge in [0.15, 0.2) is 5.82 Å². The van der Waals surface area contributed by atoms with Gasteiger partial charge in [-0.05, 0) is 50.1 Å². The zero-order valence-corrected chi connectivity index (χ0v) is 21.6. The molecule has 2 N–H and O–H groups in total. The van der Waals surface area contributed by atoms with Crippen LogP contribution in [-0.2, 0) is 14.8 Å². The minimum Gasteiger partial charge on any atom is -0.479 e. The largest absolute Gasteiger partial charge is 0.479 e. The Balaban J connectivity index is 1.53. The summed E-state index contributed by atoms with van der Waals surface area (Å²) in [6.07, 6.45) is 3.17. The van der Waals surface area contributed by atoms with Crippen molar-refractivity contribution in [3.8, 4) is 11.6 Å². The van der Waals surface area contributed by atoms with Crippen LogP contribution < -0.4 is 20.3 Å². The number of halogens is 1. The number of ether oxygens (including phenoxy) is 2. The van der Waals surface area contributed by atoms with Crippen molar-refractivity contribution in [2.24, 2.45) is 0 Å². The predicted molar refractivity (Wildman–Crippen MR) is 138 cm³/mol. The Morgan fingerprint density at radius 2 is 2.05 bits per heavy atom. The summed E-state index contributed by atoms with van der Waals surface area (Å²) in [6, 6.07) is 10.2. The second-order valence-corrected chi connectivity index (χ2v) is 10.9. The molecule has 0 aliphatic carbocycles. The maximum atomic E-state index is 13.0. The van der Waals surface area contributed by atoms with Gasteiger partial charge in [0.2, 0.25) is 5.88 Å². The van der Waals surface area contributed by atoms with Gasteiger partial charge < -0.3 is 19.3 Å². The highest BCUT2D eigenvalue weighted by Crippen LogP contribution is 2.33. The maximum Gasteiger partial charge on any atom is 0.263 e. The summed E-state index contributed by atoms with van der Waals surface area (Å²) < 4.78 is 45.3. The molecule has 3 aromatic heterocycles. The summed E-state index contributed by atoms with van der Waals surface area (Å²) in [4.78, 5) is 17.5. The van der Waals surface area contributed by atoms with Gasteiger partial charge in [-0.25, -0.2) is 8.42 Å². The molecule has 1 aliphatic rings. The monoisotopic (exact) mass is 545 g/mol. The number of methoxy groups -OCH3 is 1. The van der Waals surface area contributed by atoms with E-state index in [0.29, 0.717) is 35.6 Å². The smallest absolute Gasteiger partial charge is 0.263 e. The van der Waals surface area contributed by atoms with E-state index >= 15 is 0 Å². The van der Waals surface area contributed by atoms with Crippen molar-refractivity contribution in [1.29, 1.82) is 0 Å². The minimum atomic E-state index is -3.94. The zero-order valence-electron chi connectivity index (χ0n) is 20.0. The van der Waals surface area contributed by atoms with E-state index in [1.807, 2.05) is 6.92 Å². The summed E-state index contributed by atoms with van der Waals surface area (Å²) in [5.74, 6) is 0.626. The number of fused-ring (bicyclic) bond motifs is 1. The van der Waals surface area contributed by atoms with Crippen LogP contribution in [0.5, 0.6) is 5.88 Å². The Morgan fingerprint density at radius 1 is 1.22 bits per heavy atom. The van der Waals surface area contributed by atoms with Gasteiger partial charge in [-0.15, -0.1) is 0 Å². The molecule has 194 valence electrons. The van der Waals surface area contributed by atoms with Gasteiger partial charge in [0.1, 0.15) is 17.8 Å². The number of hydrogen-bond acceptors (Lipinski definition) is 9. The number of hydrogen-bond donors (Lipinski definition) is 2. The molecular formula is C24H24ClN5O6S. The lowest BCUT2D eigenvalue weighted by molar-refractivity contribution is 0.0314. The third-order valence-electron chi connectivity index (χ3n) is 6.14. The van der Waals surface area contributed by atoms with E-state index in [9.17, 15) is 13.2 Å². The highest BCUT2D eigenvalue weighted by molar-refractivity contribution is 7.92. The molecule has 13 heteroatoms. The molecule has 0 unspecified atom stereocenters. The van der Waals surface area contributed by atoms with Crippen LogP contribution in [0.3, 0.4) is 0 Å². The lowest BCUT2D eigenvalue weighted by atomic mass is 10.0. The van der Waals surface area contributed by atoms with E-state index in [4.69, 9.17) is 21.1 Å². The molecule has 0 bridgehead atoms. The highest BCUT2D eigenvalue weighted by atomic mass is 35.5. The van der Waals surface area contributed by atoms with Crippen molar-refractivity contribution in [1.82, 2.24) is 14.7 Å². The Morgan fingerprint density at radius 3 is 2.76 bits per heavy atom. The number of benzene rings is 1. The Bertz CT molecular complexity index is 1610. The molecule has 1 aromatic carbocycles. The third-order valence-corrected chi connectivity index (χ3v) is 7.78. The van der Waals surface area contributed by atoms with E-state index in [1.165, 1.54) is 48.3 Å². The molecule has 1 aliphatic heterocycles. The second kappa shape index (κ2) is 9.69. The molecule has 4 aromatic rings. The van der Waals surface area contributed by atoms with Gasteiger partial charge in [-0.3, -0.25) is 14.1 Å². The predicted octanol–water partition coefficient (Wildman–Crippen LogP) is 3.82. The van der Waals surface area contributed by atoms with Crippen LogP contribution >= 0.6 is 11.6 Å². The topological polar surface area (TPSA) is 138 Å². The van der Waals surface area contributed by atoms with Crippen molar-refractivity contribution in [3.05, 3.63) is 64.1 Å². The normalized spacial score (nSPS) is 17.7. The molecule has 1 atom stereocenters. The first-order valence-electron chi connectivity index (χ1n) is 11.4. The van der Waals surface area contributed by atoms with Gasteiger partial charge in [0.25, 0.3) is 15.6 Å². The van der Waals surface area contributed by atoms with E-state index in [2.05, 4.69) is 24.7 Å². The summed E-state index contributed by atoms with van der Waals surface area (Å²) in [5.41, 5.74) is 0.0712. The van der Waals surface area contributed by atoms with Crippen molar-refractivity contribution in [2.45, 2.75) is 30.3 Å². The van der Waals surface area contributed by atoms with Crippen LogP contribution in [0.2, 0.25) is 5.02 Å². The molecule has 0 radical (unpaired) electrons. The first-order valence-corrected chi connectivity index (χ1v) is 13.3. The van der Waals surface area contributed by atoms with E-state index in [0.717, 1.165) is 12.8 Å². The fourth-order valence-corrected chi connectivity index (χ4v) is 5.49. The van der Waals surface area contributed by atoms with Crippen LogP contribution in [-0.4, -0.2) is 49.0 Å². The van der Waals surface area contributed by atoms with Crippen molar-refractivity contribution < 1.29 is 22.4 Å². The van der Waals surface area contributed by atoms with Crippen molar-refractivity contribution in [3.63, 3.8) is 0 Å². The van der Waals surface area contributed by atoms with E-state index < -0.39 is 10.0 Å². The van der Waals surface area contributed by atoms with E-state index in [1.54, 1.807) is 12.1 Å². The van der Waals surface area contributed by atoms with Gasteiger partial charge >= 0.3 is 0 Å². The molecule has 0 saturated carbocycles. The lowest BCUT2D eigenvalue weighted by Crippen LogP contribution is -2.32. The minimum absolute atomic E-state index is 0.0153. The first kappa shape index (κ1) is 25.1. The number of nitrogens with one attached hydrogen (secondary N) is 2. The molecule has 0 spiro atoms. The summed E-state index contributed by atoms with van der Waals surface area (Å²) in [7, 11) is -2.50. The first-order chi connectivity index (χ1) is 17.7. The molecule has 37 heavy (non-hydrogen) atoms. The summed E-state index contributed by atoms with van der Waals surface area (Å²) in [5, 5.41) is 7.58. The Kier molecular flexibility index (Phi) is 6.56. The van der Waals surface area contributed by atoms with Gasteiger partial charge in [0.05, 0.1) is 28.1 Å². The summed E-state index contributed by atoms with van der Waals surface area (Å²) in [6.45, 7) is 3.25. The molecule has 5 rings (SSSR count). The maximum absolute atomic E-state index is 13.0. The quantitative estimate of drug-likeness (QED) is 0.338. The zero-order chi connectivity index (χ0) is 26.2. The lowest BCUT2D eigenvalue weighted by Gasteiger charge is -2.24. The number of aromatic nitrogens is 3. The Hall–Kier alpha value is -3.61. The number of rotatable bonds is 8. The van der Waals surface area contributed by atoms with Gasteiger partial charge in [0, 0.05) is 30.7 Å². The average molecular weight is 546 g/mol. The van der Waals surface area contributed by atoms with Gasteiger partial charge in [-0.1, -0.05) is 16.8 Å². The number of sulfonamides is 1.